The summed E-state index contributed by atoms with van der Waals surface area (Å²) in [5.41, 5.74) is 1.57. The van der Waals surface area contributed by atoms with Crippen molar-refractivity contribution in [3.63, 3.8) is 0 Å². The van der Waals surface area contributed by atoms with Crippen LogP contribution in [-0.2, 0) is 0 Å². The van der Waals surface area contributed by atoms with E-state index in [0.29, 0.717) is 11.5 Å². The van der Waals surface area contributed by atoms with Gasteiger partial charge in [-0.1, -0.05) is 6.07 Å². The van der Waals surface area contributed by atoms with Crippen molar-refractivity contribution in [3.05, 3.63) is 35.1 Å². The topological polar surface area (TPSA) is 27.0 Å². The summed E-state index contributed by atoms with van der Waals surface area (Å²) < 4.78 is 13.2. The highest BCUT2D eigenvalue weighted by Gasteiger charge is 2.28. The van der Waals surface area contributed by atoms with Crippen LogP contribution in [0.5, 0.6) is 0 Å². The summed E-state index contributed by atoms with van der Waals surface area (Å²) >= 11 is 0. The second kappa shape index (κ2) is 5.93. The van der Waals surface area contributed by atoms with Gasteiger partial charge in [0.25, 0.3) is 0 Å². The first-order valence-electron chi connectivity index (χ1n) is 7.71. The number of halogens is 1. The number of nitriles is 1. The number of hydrogen-bond acceptors (Lipinski definition) is 2. The molecular formula is C17H21FN2. The zero-order valence-electron chi connectivity index (χ0n) is 11.8. The fourth-order valence-corrected chi connectivity index (χ4v) is 3.84. The summed E-state index contributed by atoms with van der Waals surface area (Å²) in [5, 5.41) is 9.17. The molecule has 1 aromatic rings. The third kappa shape index (κ3) is 2.71. The molecule has 1 saturated carbocycles. The van der Waals surface area contributed by atoms with Crippen LogP contribution in [0.2, 0.25) is 0 Å². The van der Waals surface area contributed by atoms with Crippen LogP contribution in [0.25, 0.3) is 0 Å². The summed E-state index contributed by atoms with van der Waals surface area (Å²) in [6.07, 6.45) is 7.37. The number of hydrogen-bond donors (Lipinski definition) is 0. The maximum Gasteiger partial charge on any atom is 0.124 e. The zero-order valence-corrected chi connectivity index (χ0v) is 11.8. The third-order valence-corrected chi connectivity index (χ3v) is 4.93. The van der Waals surface area contributed by atoms with Gasteiger partial charge in [0.15, 0.2) is 0 Å². The van der Waals surface area contributed by atoms with E-state index in [4.69, 9.17) is 0 Å². The molecule has 0 bridgehead atoms. The summed E-state index contributed by atoms with van der Waals surface area (Å²) in [6.45, 7) is 2.52. The van der Waals surface area contributed by atoms with Crippen LogP contribution in [0.4, 0.5) is 4.39 Å². The maximum atomic E-state index is 13.2. The summed E-state index contributed by atoms with van der Waals surface area (Å²) in [7, 11) is 0. The van der Waals surface area contributed by atoms with E-state index in [1.165, 1.54) is 50.9 Å². The molecule has 1 saturated heterocycles. The van der Waals surface area contributed by atoms with Gasteiger partial charge in [-0.2, -0.15) is 5.26 Å². The highest BCUT2D eigenvalue weighted by atomic mass is 19.1. The van der Waals surface area contributed by atoms with Gasteiger partial charge in [-0.3, -0.25) is 0 Å². The molecular weight excluding hydrogens is 251 g/mol. The third-order valence-electron chi connectivity index (χ3n) is 4.93. The molecule has 0 aromatic heterocycles. The molecule has 2 fully saturated rings. The molecule has 1 aliphatic carbocycles. The standard InChI is InChI=1S/C17H21FN2/c18-15-5-8-17(14(11-15)12-19)13-3-6-16(7-4-13)20-9-1-2-10-20/h5,8,11,13,16H,1-4,6-7,9-10H2. The average Bonchev–Trinajstić information content (AvgIpc) is 3.01. The normalized spacial score (nSPS) is 27.4. The molecule has 3 rings (SSSR count). The number of benzene rings is 1. The molecule has 0 unspecified atom stereocenters. The van der Waals surface area contributed by atoms with Crippen LogP contribution < -0.4 is 0 Å². The van der Waals surface area contributed by atoms with Gasteiger partial charge >= 0.3 is 0 Å². The van der Waals surface area contributed by atoms with Gasteiger partial charge in [0.1, 0.15) is 5.82 Å². The van der Waals surface area contributed by atoms with E-state index in [1.54, 1.807) is 0 Å². The molecule has 1 aliphatic heterocycles. The van der Waals surface area contributed by atoms with Crippen LogP contribution in [0.1, 0.15) is 55.6 Å². The van der Waals surface area contributed by atoms with Crippen molar-refractivity contribution >= 4 is 0 Å². The predicted octanol–water partition coefficient (Wildman–Crippen LogP) is 3.82. The summed E-state index contributed by atoms with van der Waals surface area (Å²) in [4.78, 5) is 2.63. The van der Waals surface area contributed by atoms with E-state index in [1.807, 2.05) is 6.07 Å². The smallest absolute Gasteiger partial charge is 0.124 e. The summed E-state index contributed by atoms with van der Waals surface area (Å²) in [5.74, 6) is 0.125. The highest BCUT2D eigenvalue weighted by molar-refractivity contribution is 5.40. The van der Waals surface area contributed by atoms with Crippen LogP contribution >= 0.6 is 0 Å². The number of nitrogens with zero attached hydrogens (tertiary/aromatic N) is 2. The molecule has 3 heteroatoms. The minimum absolute atomic E-state index is 0.309. The molecule has 0 atom stereocenters. The molecule has 0 N–H and O–H groups in total. The Kier molecular flexibility index (Phi) is 4.03. The maximum absolute atomic E-state index is 13.2. The molecule has 1 heterocycles. The van der Waals surface area contributed by atoms with E-state index in [9.17, 15) is 9.65 Å². The Balaban J connectivity index is 1.67. The zero-order chi connectivity index (χ0) is 13.9. The van der Waals surface area contributed by atoms with Crippen molar-refractivity contribution < 1.29 is 4.39 Å². The van der Waals surface area contributed by atoms with Gasteiger partial charge in [0.2, 0.25) is 0 Å². The van der Waals surface area contributed by atoms with Crippen molar-refractivity contribution in [1.29, 1.82) is 5.26 Å². The van der Waals surface area contributed by atoms with Crippen molar-refractivity contribution in [3.8, 4) is 6.07 Å². The first-order chi connectivity index (χ1) is 9.78. The van der Waals surface area contributed by atoms with Crippen molar-refractivity contribution in [2.24, 2.45) is 0 Å². The summed E-state index contributed by atoms with van der Waals surface area (Å²) in [6, 6.07) is 7.57. The van der Waals surface area contributed by atoms with E-state index in [0.717, 1.165) is 24.4 Å². The van der Waals surface area contributed by atoms with E-state index in [2.05, 4.69) is 11.0 Å². The number of rotatable bonds is 2. The first-order valence-corrected chi connectivity index (χ1v) is 7.71. The molecule has 106 valence electrons. The van der Waals surface area contributed by atoms with E-state index >= 15 is 0 Å². The quantitative estimate of drug-likeness (QED) is 0.818. The Hall–Kier alpha value is -1.40. The van der Waals surface area contributed by atoms with Gasteiger partial charge in [-0.25, -0.2) is 4.39 Å². The van der Waals surface area contributed by atoms with Crippen molar-refractivity contribution in [1.82, 2.24) is 4.90 Å². The second-order valence-corrected chi connectivity index (χ2v) is 6.09. The number of likely N-dealkylation sites (tertiary alicyclic amines) is 1. The van der Waals surface area contributed by atoms with Crippen molar-refractivity contribution in [2.75, 3.05) is 13.1 Å². The highest BCUT2D eigenvalue weighted by Crippen LogP contribution is 2.37. The first kappa shape index (κ1) is 13.6. The van der Waals surface area contributed by atoms with Crippen LogP contribution in [0.15, 0.2) is 18.2 Å². The van der Waals surface area contributed by atoms with Gasteiger partial charge in [0, 0.05) is 6.04 Å². The fraction of sp³-hybridized carbons (Fsp3) is 0.588. The van der Waals surface area contributed by atoms with Crippen LogP contribution in [0.3, 0.4) is 0 Å². The molecule has 0 radical (unpaired) electrons. The molecule has 2 nitrogen and oxygen atoms in total. The van der Waals surface area contributed by atoms with Gasteiger partial charge < -0.3 is 4.90 Å². The fourth-order valence-electron chi connectivity index (χ4n) is 3.84. The molecule has 1 aromatic carbocycles. The Morgan fingerprint density at radius 1 is 1.10 bits per heavy atom. The molecule has 2 aliphatic rings. The minimum atomic E-state index is -0.309. The van der Waals surface area contributed by atoms with Gasteiger partial charge in [0.05, 0.1) is 11.6 Å². The van der Waals surface area contributed by atoms with Gasteiger partial charge in [-0.15, -0.1) is 0 Å². The minimum Gasteiger partial charge on any atom is -0.300 e. The predicted molar refractivity (Wildman–Crippen MR) is 76.9 cm³/mol. The Bertz CT molecular complexity index is 506. The lowest BCUT2D eigenvalue weighted by molar-refractivity contribution is 0.182. The SMILES string of the molecule is N#Cc1cc(F)ccc1C1CCC(N2CCCC2)CC1. The Labute approximate surface area is 120 Å². The lowest BCUT2D eigenvalue weighted by Crippen LogP contribution is -2.35. The Morgan fingerprint density at radius 3 is 2.45 bits per heavy atom. The van der Waals surface area contributed by atoms with Crippen LogP contribution in [0, 0.1) is 17.1 Å². The largest absolute Gasteiger partial charge is 0.300 e. The second-order valence-electron chi connectivity index (χ2n) is 6.09. The lowest BCUT2D eigenvalue weighted by atomic mass is 9.80. The van der Waals surface area contributed by atoms with E-state index in [-0.39, 0.29) is 5.82 Å². The Morgan fingerprint density at radius 2 is 1.80 bits per heavy atom. The average molecular weight is 272 g/mol. The van der Waals surface area contributed by atoms with Crippen molar-refractivity contribution in [2.45, 2.75) is 50.5 Å². The lowest BCUT2D eigenvalue weighted by Gasteiger charge is -2.34. The van der Waals surface area contributed by atoms with E-state index < -0.39 is 0 Å². The monoisotopic (exact) mass is 272 g/mol. The molecule has 0 spiro atoms. The molecule has 0 amide bonds. The van der Waals surface area contributed by atoms with Crippen LogP contribution in [-0.4, -0.2) is 24.0 Å². The van der Waals surface area contributed by atoms with Gasteiger partial charge in [-0.05, 0) is 75.2 Å². The molecule has 20 heavy (non-hydrogen) atoms.